The van der Waals surface area contributed by atoms with E-state index in [-0.39, 0.29) is 6.04 Å². The van der Waals surface area contributed by atoms with E-state index in [4.69, 9.17) is 9.72 Å². The van der Waals surface area contributed by atoms with Crippen LogP contribution in [0.1, 0.15) is 0 Å². The molecule has 0 spiro atoms. The number of hydrogen-bond acceptors (Lipinski definition) is 5. The fraction of sp³-hybridized carbons (Fsp3) is 0.375. The molecule has 0 saturated carbocycles. The van der Waals surface area contributed by atoms with E-state index in [1.807, 2.05) is 30.5 Å². The lowest BCUT2D eigenvalue weighted by molar-refractivity contribution is 0.170. The van der Waals surface area contributed by atoms with E-state index in [0.717, 1.165) is 36.8 Å². The monoisotopic (exact) mass is 284 g/mol. The Morgan fingerprint density at radius 3 is 2.95 bits per heavy atom. The van der Waals surface area contributed by atoms with Gasteiger partial charge in [0.05, 0.1) is 18.3 Å². The van der Waals surface area contributed by atoms with E-state index in [1.165, 1.54) is 0 Å². The minimum absolute atomic E-state index is 0.273. The molecule has 1 saturated heterocycles. The molecule has 110 valence electrons. The molecule has 0 radical (unpaired) electrons. The van der Waals surface area contributed by atoms with Crippen LogP contribution >= 0.6 is 0 Å². The molecule has 21 heavy (non-hydrogen) atoms. The molecular formula is C16H20N4O. The molecule has 1 N–H and O–H groups in total. The van der Waals surface area contributed by atoms with E-state index in [9.17, 15) is 0 Å². The molecule has 5 nitrogen and oxygen atoms in total. The maximum atomic E-state index is 5.31. The van der Waals surface area contributed by atoms with Crippen LogP contribution in [0.15, 0.2) is 42.6 Å². The van der Waals surface area contributed by atoms with E-state index >= 15 is 0 Å². The number of hydrogen-bond donors (Lipinski definition) is 1. The van der Waals surface area contributed by atoms with Crippen LogP contribution < -0.4 is 10.2 Å². The van der Waals surface area contributed by atoms with Crippen LogP contribution in [0.2, 0.25) is 0 Å². The van der Waals surface area contributed by atoms with Gasteiger partial charge in [0.25, 0.3) is 0 Å². The third kappa shape index (κ3) is 3.20. The van der Waals surface area contributed by atoms with Crippen molar-refractivity contribution in [2.75, 3.05) is 38.3 Å². The molecule has 3 rings (SSSR count). The first-order valence-electron chi connectivity index (χ1n) is 7.23. The van der Waals surface area contributed by atoms with Crippen molar-refractivity contribution in [1.29, 1.82) is 0 Å². The Hall–Kier alpha value is -1.98. The Balaban J connectivity index is 1.88. The Morgan fingerprint density at radius 1 is 1.29 bits per heavy atom. The number of benzene rings is 1. The lowest BCUT2D eigenvalue weighted by Crippen LogP contribution is -2.54. The lowest BCUT2D eigenvalue weighted by atomic mass is 10.1. The molecule has 1 aromatic heterocycles. The van der Waals surface area contributed by atoms with Gasteiger partial charge in [-0.3, -0.25) is 0 Å². The van der Waals surface area contributed by atoms with Crippen molar-refractivity contribution in [3.63, 3.8) is 0 Å². The summed E-state index contributed by atoms with van der Waals surface area (Å²) < 4.78 is 5.31. The number of aromatic nitrogens is 2. The highest BCUT2D eigenvalue weighted by atomic mass is 16.5. The van der Waals surface area contributed by atoms with Gasteiger partial charge in [-0.25, -0.2) is 9.97 Å². The molecule has 1 aliphatic rings. The topological polar surface area (TPSA) is 50.3 Å². The maximum absolute atomic E-state index is 5.31. The van der Waals surface area contributed by atoms with Crippen molar-refractivity contribution < 1.29 is 4.74 Å². The van der Waals surface area contributed by atoms with Crippen molar-refractivity contribution >= 4 is 5.95 Å². The number of methoxy groups -OCH3 is 1. The number of anilines is 1. The van der Waals surface area contributed by atoms with Gasteiger partial charge in [0.1, 0.15) is 0 Å². The van der Waals surface area contributed by atoms with Crippen molar-refractivity contribution in [2.45, 2.75) is 6.04 Å². The van der Waals surface area contributed by atoms with Crippen LogP contribution in [0.3, 0.4) is 0 Å². The molecule has 0 aliphatic carbocycles. The van der Waals surface area contributed by atoms with Crippen LogP contribution in [0, 0.1) is 0 Å². The van der Waals surface area contributed by atoms with Gasteiger partial charge in [-0.15, -0.1) is 0 Å². The minimum Gasteiger partial charge on any atom is -0.382 e. The normalized spacial score (nSPS) is 18.7. The maximum Gasteiger partial charge on any atom is 0.226 e. The van der Waals surface area contributed by atoms with Gasteiger partial charge in [0, 0.05) is 38.5 Å². The Bertz CT molecular complexity index is 573. The lowest BCUT2D eigenvalue weighted by Gasteiger charge is -2.35. The summed E-state index contributed by atoms with van der Waals surface area (Å²) in [6.45, 7) is 3.41. The van der Waals surface area contributed by atoms with Crippen molar-refractivity contribution in [3.8, 4) is 11.3 Å². The first-order valence-corrected chi connectivity index (χ1v) is 7.23. The van der Waals surface area contributed by atoms with Gasteiger partial charge in [0.2, 0.25) is 5.95 Å². The second kappa shape index (κ2) is 6.65. The zero-order valence-electron chi connectivity index (χ0n) is 12.2. The number of nitrogens with zero attached hydrogens (tertiary/aromatic N) is 3. The van der Waals surface area contributed by atoms with Gasteiger partial charge in [-0.1, -0.05) is 30.3 Å². The molecule has 0 amide bonds. The quantitative estimate of drug-likeness (QED) is 0.923. The van der Waals surface area contributed by atoms with Crippen LogP contribution in [-0.2, 0) is 4.74 Å². The molecule has 1 atom stereocenters. The fourth-order valence-corrected chi connectivity index (χ4v) is 2.62. The standard InChI is InChI=1S/C16H20N4O/c1-21-12-14-11-17-9-10-20(14)16-18-8-7-15(19-16)13-5-3-2-4-6-13/h2-8,14,17H,9-12H2,1H3. The van der Waals surface area contributed by atoms with Gasteiger partial charge in [-0.2, -0.15) is 0 Å². The highest BCUT2D eigenvalue weighted by Crippen LogP contribution is 2.20. The smallest absolute Gasteiger partial charge is 0.226 e. The predicted octanol–water partition coefficient (Wildman–Crippen LogP) is 1.57. The second-order valence-corrected chi connectivity index (χ2v) is 5.11. The van der Waals surface area contributed by atoms with E-state index in [2.05, 4.69) is 27.3 Å². The number of nitrogens with one attached hydrogen (secondary N) is 1. The predicted molar refractivity (Wildman–Crippen MR) is 83.3 cm³/mol. The molecule has 2 aromatic rings. The summed E-state index contributed by atoms with van der Waals surface area (Å²) in [5.41, 5.74) is 2.06. The summed E-state index contributed by atoms with van der Waals surface area (Å²) in [5.74, 6) is 0.778. The molecule has 2 heterocycles. The Labute approximate surface area is 125 Å². The van der Waals surface area contributed by atoms with E-state index < -0.39 is 0 Å². The molecule has 1 aromatic carbocycles. The largest absolute Gasteiger partial charge is 0.382 e. The highest BCUT2D eigenvalue weighted by molar-refractivity contribution is 5.60. The molecule has 1 fully saturated rings. The Morgan fingerprint density at radius 2 is 2.14 bits per heavy atom. The minimum atomic E-state index is 0.273. The van der Waals surface area contributed by atoms with Crippen LogP contribution in [0.25, 0.3) is 11.3 Å². The average Bonchev–Trinajstić information content (AvgIpc) is 2.57. The van der Waals surface area contributed by atoms with Crippen molar-refractivity contribution in [1.82, 2.24) is 15.3 Å². The molecule has 0 bridgehead atoms. The SMILES string of the molecule is COCC1CNCCN1c1nccc(-c2ccccc2)n1. The number of ether oxygens (including phenoxy) is 1. The first-order chi connectivity index (χ1) is 10.4. The zero-order valence-corrected chi connectivity index (χ0v) is 12.2. The van der Waals surface area contributed by atoms with Crippen LogP contribution in [0.5, 0.6) is 0 Å². The summed E-state index contributed by atoms with van der Waals surface area (Å²) in [6, 6.07) is 12.4. The number of piperazine rings is 1. The zero-order chi connectivity index (χ0) is 14.5. The third-order valence-corrected chi connectivity index (χ3v) is 3.68. The molecular weight excluding hydrogens is 264 g/mol. The summed E-state index contributed by atoms with van der Waals surface area (Å²) >= 11 is 0. The van der Waals surface area contributed by atoms with Crippen LogP contribution in [0.4, 0.5) is 5.95 Å². The fourth-order valence-electron chi connectivity index (χ4n) is 2.62. The summed E-state index contributed by atoms with van der Waals surface area (Å²) in [6.07, 6.45) is 1.83. The Kier molecular flexibility index (Phi) is 4.43. The van der Waals surface area contributed by atoms with Gasteiger partial charge in [0.15, 0.2) is 0 Å². The number of rotatable bonds is 4. The molecule has 1 unspecified atom stereocenters. The average molecular weight is 284 g/mol. The van der Waals surface area contributed by atoms with Gasteiger partial charge in [-0.05, 0) is 6.07 Å². The van der Waals surface area contributed by atoms with Crippen molar-refractivity contribution in [3.05, 3.63) is 42.6 Å². The van der Waals surface area contributed by atoms with Gasteiger partial charge < -0.3 is 15.0 Å². The van der Waals surface area contributed by atoms with E-state index in [1.54, 1.807) is 7.11 Å². The third-order valence-electron chi connectivity index (χ3n) is 3.68. The van der Waals surface area contributed by atoms with E-state index in [0.29, 0.717) is 6.61 Å². The summed E-state index contributed by atoms with van der Waals surface area (Å²) in [5, 5.41) is 3.39. The van der Waals surface area contributed by atoms with Gasteiger partial charge >= 0.3 is 0 Å². The summed E-state index contributed by atoms with van der Waals surface area (Å²) in [7, 11) is 1.73. The van der Waals surface area contributed by atoms with Crippen LogP contribution in [-0.4, -0.2) is 49.4 Å². The highest BCUT2D eigenvalue weighted by Gasteiger charge is 2.24. The molecule has 1 aliphatic heterocycles. The van der Waals surface area contributed by atoms with Crippen molar-refractivity contribution in [2.24, 2.45) is 0 Å². The molecule has 5 heteroatoms. The summed E-state index contributed by atoms with van der Waals surface area (Å²) in [4.78, 5) is 11.4. The second-order valence-electron chi connectivity index (χ2n) is 5.11. The first kappa shape index (κ1) is 14.0.